The normalized spacial score (nSPS) is 13.3. The zero-order valence-electron chi connectivity index (χ0n) is 20.1. The van der Waals surface area contributed by atoms with E-state index in [0.29, 0.717) is 23.4 Å². The van der Waals surface area contributed by atoms with Crippen LogP contribution >= 0.6 is 11.6 Å². The van der Waals surface area contributed by atoms with E-state index in [2.05, 4.69) is 4.98 Å². The molecule has 0 spiro atoms. The van der Waals surface area contributed by atoms with Crippen molar-refractivity contribution in [2.24, 2.45) is 0 Å². The highest BCUT2D eigenvalue weighted by atomic mass is 35.5. The summed E-state index contributed by atoms with van der Waals surface area (Å²) in [7, 11) is 1.67. The molecule has 5 nitrogen and oxygen atoms in total. The molecule has 1 heterocycles. The van der Waals surface area contributed by atoms with Crippen molar-refractivity contribution in [3.8, 4) is 11.3 Å². The standard InChI is InChI=1S/C27H30ClFN2O3/c1-6-27(4,33)24-16-20(15-23(30-24)19-12-13-22(29)21(28)14-19)26(2,3)31(5)25(32)34-17-18-10-8-7-9-11-18/h7-16,33H,6,17H2,1-5H3. The van der Waals surface area contributed by atoms with Gasteiger partial charge >= 0.3 is 6.09 Å². The Kier molecular flexibility index (Phi) is 7.64. The summed E-state index contributed by atoms with van der Waals surface area (Å²) in [4.78, 5) is 19.0. The van der Waals surface area contributed by atoms with Gasteiger partial charge in [0.1, 0.15) is 18.0 Å². The van der Waals surface area contributed by atoms with Gasteiger partial charge < -0.3 is 14.7 Å². The lowest BCUT2D eigenvalue weighted by molar-refractivity contribution is 0.0479. The van der Waals surface area contributed by atoms with Gasteiger partial charge in [-0.2, -0.15) is 0 Å². The first kappa shape index (κ1) is 25.7. The third-order valence-electron chi connectivity index (χ3n) is 6.30. The van der Waals surface area contributed by atoms with E-state index in [1.165, 1.54) is 17.0 Å². The highest BCUT2D eigenvalue weighted by Gasteiger charge is 2.33. The lowest BCUT2D eigenvalue weighted by Crippen LogP contribution is -2.43. The number of hydrogen-bond acceptors (Lipinski definition) is 4. The van der Waals surface area contributed by atoms with E-state index in [0.717, 1.165) is 11.1 Å². The summed E-state index contributed by atoms with van der Waals surface area (Å²) in [6, 6.07) is 17.4. The van der Waals surface area contributed by atoms with Gasteiger partial charge in [0.25, 0.3) is 0 Å². The summed E-state index contributed by atoms with van der Waals surface area (Å²) in [5.41, 5.74) is 1.18. The number of pyridine rings is 1. The second-order valence-electron chi connectivity index (χ2n) is 9.04. The molecular weight excluding hydrogens is 455 g/mol. The number of aliphatic hydroxyl groups is 1. The number of amides is 1. The average Bonchev–Trinajstić information content (AvgIpc) is 2.84. The van der Waals surface area contributed by atoms with Gasteiger partial charge in [0.2, 0.25) is 0 Å². The number of carbonyl (C=O) groups is 1. The van der Waals surface area contributed by atoms with Crippen molar-refractivity contribution in [3.05, 3.63) is 88.3 Å². The van der Waals surface area contributed by atoms with Crippen LogP contribution in [0.1, 0.15) is 50.9 Å². The molecule has 0 saturated carbocycles. The van der Waals surface area contributed by atoms with Gasteiger partial charge in [-0.25, -0.2) is 14.2 Å². The van der Waals surface area contributed by atoms with E-state index in [4.69, 9.17) is 16.3 Å². The summed E-state index contributed by atoms with van der Waals surface area (Å²) in [5.74, 6) is -0.524. The van der Waals surface area contributed by atoms with Crippen molar-refractivity contribution >= 4 is 17.7 Å². The lowest BCUT2D eigenvalue weighted by Gasteiger charge is -2.36. The molecule has 0 aliphatic heterocycles. The van der Waals surface area contributed by atoms with E-state index < -0.39 is 23.1 Å². The fraction of sp³-hybridized carbons (Fsp3) is 0.333. The Balaban J connectivity index is 1.98. The van der Waals surface area contributed by atoms with Gasteiger partial charge in [-0.1, -0.05) is 48.9 Å². The van der Waals surface area contributed by atoms with Crippen LogP contribution in [0.2, 0.25) is 5.02 Å². The summed E-state index contributed by atoms with van der Waals surface area (Å²) < 4.78 is 19.3. The third-order valence-corrected chi connectivity index (χ3v) is 6.59. The zero-order valence-corrected chi connectivity index (χ0v) is 20.9. The number of aromatic nitrogens is 1. The van der Waals surface area contributed by atoms with Crippen LogP contribution in [0.3, 0.4) is 0 Å². The third kappa shape index (κ3) is 5.57. The molecule has 0 saturated heterocycles. The number of ether oxygens (including phenoxy) is 1. The summed E-state index contributed by atoms with van der Waals surface area (Å²) in [6.45, 7) is 7.48. The number of nitrogens with zero attached hydrogens (tertiary/aromatic N) is 2. The van der Waals surface area contributed by atoms with E-state index in [1.54, 1.807) is 26.1 Å². The Hall–Kier alpha value is -2.96. The van der Waals surface area contributed by atoms with E-state index >= 15 is 0 Å². The van der Waals surface area contributed by atoms with Gasteiger partial charge in [-0.05, 0) is 68.7 Å². The second-order valence-corrected chi connectivity index (χ2v) is 9.45. The number of halogens is 2. The minimum atomic E-state index is -1.20. The topological polar surface area (TPSA) is 62.7 Å². The van der Waals surface area contributed by atoms with E-state index in [1.807, 2.05) is 57.2 Å². The van der Waals surface area contributed by atoms with Crippen molar-refractivity contribution in [3.63, 3.8) is 0 Å². The molecule has 1 amide bonds. The van der Waals surface area contributed by atoms with Crippen LogP contribution in [-0.4, -0.2) is 28.1 Å². The maximum absolute atomic E-state index is 13.7. The van der Waals surface area contributed by atoms with E-state index in [9.17, 15) is 14.3 Å². The molecule has 2 aromatic carbocycles. The van der Waals surface area contributed by atoms with E-state index in [-0.39, 0.29) is 11.6 Å². The molecule has 1 N–H and O–H groups in total. The first-order valence-electron chi connectivity index (χ1n) is 11.1. The number of benzene rings is 2. The Morgan fingerprint density at radius 3 is 2.41 bits per heavy atom. The van der Waals surface area contributed by atoms with Gasteiger partial charge in [0, 0.05) is 12.6 Å². The molecule has 3 aromatic rings. The SMILES string of the molecule is CCC(C)(O)c1cc(C(C)(C)N(C)C(=O)OCc2ccccc2)cc(-c2ccc(F)c(Cl)c2)n1. The number of hydrogen-bond donors (Lipinski definition) is 1. The van der Waals surface area contributed by atoms with Gasteiger partial charge in [0.05, 0.1) is 21.9 Å². The average molecular weight is 485 g/mol. The number of rotatable bonds is 7. The molecule has 0 radical (unpaired) electrons. The van der Waals surface area contributed by atoms with Crippen molar-refractivity contribution in [2.75, 3.05) is 7.05 Å². The van der Waals surface area contributed by atoms with Crippen molar-refractivity contribution in [2.45, 2.75) is 51.9 Å². The van der Waals surface area contributed by atoms with Crippen molar-refractivity contribution in [1.82, 2.24) is 9.88 Å². The Bertz CT molecular complexity index is 1170. The number of carbonyl (C=O) groups excluding carboxylic acids is 1. The predicted molar refractivity (Wildman–Crippen MR) is 132 cm³/mol. The lowest BCUT2D eigenvalue weighted by atomic mass is 9.88. The molecule has 0 bridgehead atoms. The summed E-state index contributed by atoms with van der Waals surface area (Å²) in [5, 5.41) is 10.9. The minimum absolute atomic E-state index is 0.0191. The Morgan fingerprint density at radius 1 is 1.12 bits per heavy atom. The molecule has 0 fully saturated rings. The van der Waals surface area contributed by atoms with Crippen LogP contribution in [0.25, 0.3) is 11.3 Å². The molecule has 180 valence electrons. The molecule has 0 aliphatic rings. The molecular formula is C27H30ClFN2O3. The highest BCUT2D eigenvalue weighted by molar-refractivity contribution is 6.31. The summed E-state index contributed by atoms with van der Waals surface area (Å²) >= 11 is 6.01. The van der Waals surface area contributed by atoms with Gasteiger partial charge in [-0.3, -0.25) is 0 Å². The quantitative estimate of drug-likeness (QED) is 0.407. The fourth-order valence-corrected chi connectivity index (χ4v) is 3.56. The molecule has 1 aromatic heterocycles. The zero-order chi connectivity index (χ0) is 25.1. The molecule has 7 heteroatoms. The largest absolute Gasteiger partial charge is 0.445 e. The van der Waals surface area contributed by atoms with Crippen LogP contribution in [0.4, 0.5) is 9.18 Å². The van der Waals surface area contributed by atoms with Gasteiger partial charge in [-0.15, -0.1) is 0 Å². The second kappa shape index (κ2) is 10.1. The molecule has 3 rings (SSSR count). The van der Waals surface area contributed by atoms with Crippen molar-refractivity contribution in [1.29, 1.82) is 0 Å². The predicted octanol–water partition coefficient (Wildman–Crippen LogP) is 6.66. The maximum atomic E-state index is 13.7. The Labute approximate surface area is 205 Å². The van der Waals surface area contributed by atoms with Crippen LogP contribution in [-0.2, 0) is 22.5 Å². The molecule has 1 atom stereocenters. The smallest absolute Gasteiger partial charge is 0.410 e. The summed E-state index contributed by atoms with van der Waals surface area (Å²) in [6.07, 6.45) is -0.0523. The highest BCUT2D eigenvalue weighted by Crippen LogP contribution is 2.35. The Morgan fingerprint density at radius 2 is 1.79 bits per heavy atom. The minimum Gasteiger partial charge on any atom is -0.445 e. The molecule has 0 aliphatic carbocycles. The fourth-order valence-electron chi connectivity index (χ4n) is 3.38. The van der Waals surface area contributed by atoms with Crippen LogP contribution in [0.15, 0.2) is 60.7 Å². The van der Waals surface area contributed by atoms with Crippen LogP contribution in [0.5, 0.6) is 0 Å². The van der Waals surface area contributed by atoms with Crippen LogP contribution < -0.4 is 0 Å². The van der Waals surface area contributed by atoms with Crippen LogP contribution in [0, 0.1) is 5.82 Å². The first-order chi connectivity index (χ1) is 16.0. The van der Waals surface area contributed by atoms with Crippen molar-refractivity contribution < 1.29 is 19.0 Å². The molecule has 34 heavy (non-hydrogen) atoms. The first-order valence-corrected chi connectivity index (χ1v) is 11.5. The monoisotopic (exact) mass is 484 g/mol. The molecule has 1 unspecified atom stereocenters. The maximum Gasteiger partial charge on any atom is 0.410 e. The van der Waals surface area contributed by atoms with Gasteiger partial charge in [0.15, 0.2) is 0 Å².